The van der Waals surface area contributed by atoms with Gasteiger partial charge in [-0.3, -0.25) is 0 Å². The Morgan fingerprint density at radius 2 is 1.80 bits per heavy atom. The summed E-state index contributed by atoms with van der Waals surface area (Å²) < 4.78 is 0. The zero-order chi connectivity index (χ0) is 14.1. The van der Waals surface area contributed by atoms with Crippen LogP contribution in [-0.4, -0.2) is 27.5 Å². The lowest BCUT2D eigenvalue weighted by molar-refractivity contribution is 0.472. The number of nitrogens with one attached hydrogen (secondary N) is 1. The van der Waals surface area contributed by atoms with Crippen LogP contribution in [0.4, 0.5) is 5.82 Å². The van der Waals surface area contributed by atoms with E-state index in [1.54, 1.807) is 0 Å². The number of aromatic nitrogens is 2. The van der Waals surface area contributed by atoms with Crippen LogP contribution in [0.2, 0.25) is 5.15 Å². The molecule has 5 heteroatoms. The van der Waals surface area contributed by atoms with Gasteiger partial charge in [-0.15, -0.1) is 0 Å². The van der Waals surface area contributed by atoms with E-state index in [2.05, 4.69) is 16.6 Å². The summed E-state index contributed by atoms with van der Waals surface area (Å²) in [6.45, 7) is 2.01. The van der Waals surface area contributed by atoms with Gasteiger partial charge >= 0.3 is 0 Å². The van der Waals surface area contributed by atoms with E-state index < -0.39 is 0 Å². The second-order valence-electron chi connectivity index (χ2n) is 5.97. The van der Waals surface area contributed by atoms with Crippen molar-refractivity contribution in [3.63, 3.8) is 0 Å². The maximum atomic E-state index is 6.26. The largest absolute Gasteiger partial charge is 0.367 e. The van der Waals surface area contributed by atoms with Gasteiger partial charge in [0.05, 0.1) is 0 Å². The first kappa shape index (κ1) is 14.5. The van der Waals surface area contributed by atoms with E-state index in [1.165, 1.54) is 38.5 Å². The van der Waals surface area contributed by atoms with E-state index in [4.69, 9.17) is 16.6 Å². The van der Waals surface area contributed by atoms with Crippen molar-refractivity contribution in [3.8, 4) is 0 Å². The average molecular weight is 312 g/mol. The van der Waals surface area contributed by atoms with Crippen molar-refractivity contribution in [2.45, 2.75) is 62.7 Å². The summed E-state index contributed by atoms with van der Waals surface area (Å²) in [5, 5.41) is 5.06. The van der Waals surface area contributed by atoms with Crippen LogP contribution in [0.5, 0.6) is 0 Å². The van der Waals surface area contributed by atoms with Gasteiger partial charge in [0.15, 0.2) is 0 Å². The lowest BCUT2D eigenvalue weighted by Crippen LogP contribution is -2.28. The molecule has 1 heterocycles. The molecule has 0 atom stereocenters. The van der Waals surface area contributed by atoms with E-state index in [9.17, 15) is 0 Å². The summed E-state index contributed by atoms with van der Waals surface area (Å²) in [5.41, 5.74) is 0.989. The smallest absolute Gasteiger partial charge is 0.137 e. The van der Waals surface area contributed by atoms with Gasteiger partial charge in [-0.05, 0) is 51.7 Å². The number of halogens is 1. The van der Waals surface area contributed by atoms with Crippen LogP contribution < -0.4 is 5.32 Å². The molecular weight excluding hydrogens is 290 g/mol. The first-order chi connectivity index (χ1) is 9.67. The van der Waals surface area contributed by atoms with Gasteiger partial charge in [0.1, 0.15) is 16.8 Å². The van der Waals surface area contributed by atoms with E-state index in [-0.39, 0.29) is 0 Å². The third-order valence-electron chi connectivity index (χ3n) is 4.39. The van der Waals surface area contributed by atoms with E-state index in [1.807, 2.05) is 18.7 Å². The Labute approximate surface area is 130 Å². The number of nitrogens with zero attached hydrogens (tertiary/aromatic N) is 2. The Hall–Kier alpha value is -0.480. The molecule has 1 aromatic rings. The van der Waals surface area contributed by atoms with Crippen LogP contribution in [0.1, 0.15) is 55.8 Å². The lowest BCUT2D eigenvalue weighted by atomic mass is 9.95. The van der Waals surface area contributed by atoms with Crippen molar-refractivity contribution in [3.05, 3.63) is 16.5 Å². The zero-order valence-electron chi connectivity index (χ0n) is 12.2. The molecule has 2 saturated carbocycles. The molecule has 0 saturated heterocycles. The Morgan fingerprint density at radius 3 is 2.40 bits per heavy atom. The fourth-order valence-corrected chi connectivity index (χ4v) is 3.73. The maximum Gasteiger partial charge on any atom is 0.137 e. The number of thioether (sulfide) groups is 1. The monoisotopic (exact) mass is 311 g/mol. The molecule has 0 aliphatic heterocycles. The molecule has 0 unspecified atom stereocenters. The predicted molar refractivity (Wildman–Crippen MR) is 86.9 cm³/mol. The Morgan fingerprint density at radius 1 is 1.10 bits per heavy atom. The highest BCUT2D eigenvalue weighted by Gasteiger charge is 2.28. The minimum absolute atomic E-state index is 0.537. The molecule has 1 aromatic heterocycles. The summed E-state index contributed by atoms with van der Waals surface area (Å²) >= 11 is 8.26. The highest BCUT2D eigenvalue weighted by atomic mass is 35.5. The summed E-state index contributed by atoms with van der Waals surface area (Å²) in [5.74, 6) is 2.43. The lowest BCUT2D eigenvalue weighted by Gasteiger charge is -2.29. The molecular formula is C15H22ClN3S. The van der Waals surface area contributed by atoms with Gasteiger partial charge in [0.2, 0.25) is 0 Å². The van der Waals surface area contributed by atoms with Crippen molar-refractivity contribution in [2.75, 3.05) is 11.6 Å². The molecule has 3 nitrogen and oxygen atoms in total. The Balaban J connectivity index is 1.70. The molecule has 2 aliphatic rings. The molecule has 2 fully saturated rings. The second kappa shape index (κ2) is 6.10. The van der Waals surface area contributed by atoms with E-state index in [0.29, 0.717) is 17.1 Å². The Kier molecular flexibility index (Phi) is 4.41. The molecule has 0 radical (unpaired) electrons. The summed E-state index contributed by atoms with van der Waals surface area (Å²) in [4.78, 5) is 9.14. The second-order valence-corrected chi connectivity index (χ2v) is 7.47. The minimum atomic E-state index is 0.537. The third-order valence-corrected chi connectivity index (χ3v) is 5.90. The molecule has 0 bridgehead atoms. The van der Waals surface area contributed by atoms with Crippen molar-refractivity contribution in [1.29, 1.82) is 0 Å². The molecule has 1 N–H and O–H groups in total. The molecule has 110 valence electrons. The van der Waals surface area contributed by atoms with Crippen LogP contribution in [0.15, 0.2) is 0 Å². The fourth-order valence-electron chi connectivity index (χ4n) is 2.81. The van der Waals surface area contributed by atoms with Crippen LogP contribution in [0.3, 0.4) is 0 Å². The van der Waals surface area contributed by atoms with Gasteiger partial charge in [0.25, 0.3) is 0 Å². The van der Waals surface area contributed by atoms with Crippen molar-refractivity contribution in [2.24, 2.45) is 0 Å². The predicted octanol–water partition coefficient (Wildman–Crippen LogP) is 4.40. The summed E-state index contributed by atoms with van der Waals surface area (Å²) in [6, 6.07) is 0.537. The quantitative estimate of drug-likeness (QED) is 0.836. The van der Waals surface area contributed by atoms with Gasteiger partial charge < -0.3 is 5.32 Å². The highest BCUT2D eigenvalue weighted by molar-refractivity contribution is 7.99. The number of hydrogen-bond acceptors (Lipinski definition) is 4. The molecule has 3 rings (SSSR count). The first-order valence-corrected chi connectivity index (χ1v) is 9.17. The molecule has 0 aromatic carbocycles. The van der Waals surface area contributed by atoms with Gasteiger partial charge in [-0.2, -0.15) is 11.8 Å². The fraction of sp³-hybridized carbons (Fsp3) is 0.733. The molecule has 0 spiro atoms. The van der Waals surface area contributed by atoms with Crippen molar-refractivity contribution < 1.29 is 0 Å². The standard InChI is InChI=1S/C15H22ClN3S/c1-9-13(16)18-15(10-3-4-10)19-14(9)17-11-5-7-12(20-2)8-6-11/h10-12H,3-8H2,1-2H3,(H,17,18,19). The summed E-state index contributed by atoms with van der Waals surface area (Å²) in [6.07, 6.45) is 9.68. The number of rotatable bonds is 4. The van der Waals surface area contributed by atoms with Crippen LogP contribution in [0.25, 0.3) is 0 Å². The van der Waals surface area contributed by atoms with Gasteiger partial charge in [-0.25, -0.2) is 9.97 Å². The molecule has 20 heavy (non-hydrogen) atoms. The van der Waals surface area contributed by atoms with Crippen LogP contribution in [0, 0.1) is 6.92 Å². The highest BCUT2D eigenvalue weighted by Crippen LogP contribution is 2.39. The van der Waals surface area contributed by atoms with Crippen molar-refractivity contribution >= 4 is 29.2 Å². The number of hydrogen-bond donors (Lipinski definition) is 1. The zero-order valence-corrected chi connectivity index (χ0v) is 13.7. The first-order valence-electron chi connectivity index (χ1n) is 7.50. The summed E-state index contributed by atoms with van der Waals surface area (Å²) in [7, 11) is 0. The normalized spacial score (nSPS) is 26.6. The SMILES string of the molecule is CSC1CCC(Nc2nc(C3CC3)nc(Cl)c2C)CC1. The maximum absolute atomic E-state index is 6.26. The minimum Gasteiger partial charge on any atom is -0.367 e. The topological polar surface area (TPSA) is 37.8 Å². The Bertz CT molecular complexity index is 482. The average Bonchev–Trinajstić information content (AvgIpc) is 3.29. The van der Waals surface area contributed by atoms with E-state index in [0.717, 1.165) is 22.5 Å². The van der Waals surface area contributed by atoms with Crippen molar-refractivity contribution in [1.82, 2.24) is 9.97 Å². The van der Waals surface area contributed by atoms with Crippen LogP contribution >= 0.6 is 23.4 Å². The number of anilines is 1. The van der Waals surface area contributed by atoms with Gasteiger partial charge in [0, 0.05) is 22.8 Å². The van der Waals surface area contributed by atoms with Crippen LogP contribution in [-0.2, 0) is 0 Å². The van der Waals surface area contributed by atoms with E-state index >= 15 is 0 Å². The molecule has 2 aliphatic carbocycles. The molecule has 0 amide bonds. The van der Waals surface area contributed by atoms with Gasteiger partial charge in [-0.1, -0.05) is 11.6 Å². The third kappa shape index (κ3) is 3.22.